The SMILES string of the molecule is COCc1ccc(CNC(=O)N2CCC(C)C(O)C2)cc1. The number of urea groups is 1. The topological polar surface area (TPSA) is 61.8 Å². The first-order chi connectivity index (χ1) is 10.1. The van der Waals surface area contributed by atoms with Gasteiger partial charge >= 0.3 is 6.03 Å². The molecule has 1 saturated heterocycles. The molecule has 21 heavy (non-hydrogen) atoms. The number of aliphatic hydroxyl groups excluding tert-OH is 1. The molecule has 116 valence electrons. The normalized spacial score (nSPS) is 22.1. The van der Waals surface area contributed by atoms with E-state index in [2.05, 4.69) is 5.32 Å². The maximum atomic E-state index is 12.1. The lowest BCUT2D eigenvalue weighted by Gasteiger charge is -2.34. The molecule has 0 radical (unpaired) electrons. The summed E-state index contributed by atoms with van der Waals surface area (Å²) in [6, 6.07) is 7.86. The Balaban J connectivity index is 1.81. The van der Waals surface area contributed by atoms with Crippen molar-refractivity contribution in [2.45, 2.75) is 32.6 Å². The van der Waals surface area contributed by atoms with Gasteiger partial charge < -0.3 is 20.1 Å². The number of aliphatic hydroxyl groups is 1. The summed E-state index contributed by atoms with van der Waals surface area (Å²) in [6.45, 7) is 4.23. The van der Waals surface area contributed by atoms with Gasteiger partial charge in [-0.25, -0.2) is 4.79 Å². The van der Waals surface area contributed by atoms with Crippen LogP contribution in [-0.4, -0.2) is 42.3 Å². The summed E-state index contributed by atoms with van der Waals surface area (Å²) in [5.74, 6) is 0.266. The van der Waals surface area contributed by atoms with Crippen molar-refractivity contribution >= 4 is 6.03 Å². The van der Waals surface area contributed by atoms with Crippen LogP contribution in [0.5, 0.6) is 0 Å². The van der Waals surface area contributed by atoms with Gasteiger partial charge in [-0.2, -0.15) is 0 Å². The Morgan fingerprint density at radius 1 is 1.38 bits per heavy atom. The number of carbonyl (C=O) groups is 1. The Kier molecular flexibility index (Phi) is 5.59. The highest BCUT2D eigenvalue weighted by atomic mass is 16.5. The van der Waals surface area contributed by atoms with Crippen LogP contribution in [0.4, 0.5) is 4.79 Å². The van der Waals surface area contributed by atoms with Crippen LogP contribution in [0.2, 0.25) is 0 Å². The standard InChI is InChI=1S/C16H24N2O3/c1-12-7-8-18(10-15(12)19)16(20)17-9-13-3-5-14(6-4-13)11-21-2/h3-6,12,15,19H,7-11H2,1-2H3,(H,17,20). The predicted octanol–water partition coefficient (Wildman–Crippen LogP) is 1.75. The van der Waals surface area contributed by atoms with E-state index in [1.807, 2.05) is 31.2 Å². The number of β-amino-alcohol motifs (C(OH)–C–C–N with tert-alkyl or cyclic N) is 1. The third-order valence-corrected chi connectivity index (χ3v) is 3.98. The lowest BCUT2D eigenvalue weighted by molar-refractivity contribution is 0.0435. The summed E-state index contributed by atoms with van der Waals surface area (Å²) in [5, 5.41) is 12.7. The molecule has 0 bridgehead atoms. The molecule has 2 rings (SSSR count). The first kappa shape index (κ1) is 15.8. The number of rotatable bonds is 4. The quantitative estimate of drug-likeness (QED) is 0.888. The van der Waals surface area contributed by atoms with E-state index in [0.29, 0.717) is 26.2 Å². The zero-order valence-electron chi connectivity index (χ0n) is 12.7. The van der Waals surface area contributed by atoms with Crippen LogP contribution in [0.3, 0.4) is 0 Å². The second-order valence-corrected chi connectivity index (χ2v) is 5.69. The second kappa shape index (κ2) is 7.43. The Labute approximate surface area is 125 Å². The zero-order chi connectivity index (χ0) is 15.2. The van der Waals surface area contributed by atoms with Gasteiger partial charge in [-0.3, -0.25) is 0 Å². The summed E-state index contributed by atoms with van der Waals surface area (Å²) >= 11 is 0. The van der Waals surface area contributed by atoms with Crippen LogP contribution in [0.25, 0.3) is 0 Å². The highest BCUT2D eigenvalue weighted by Gasteiger charge is 2.26. The van der Waals surface area contributed by atoms with Crippen LogP contribution in [0.1, 0.15) is 24.5 Å². The average molecular weight is 292 g/mol. The first-order valence-corrected chi connectivity index (χ1v) is 7.37. The van der Waals surface area contributed by atoms with Crippen molar-refractivity contribution in [1.82, 2.24) is 10.2 Å². The molecule has 5 nitrogen and oxygen atoms in total. The van der Waals surface area contributed by atoms with Gasteiger partial charge in [0.1, 0.15) is 0 Å². The molecule has 1 aliphatic heterocycles. The molecule has 2 unspecified atom stereocenters. The number of methoxy groups -OCH3 is 1. The molecule has 0 spiro atoms. The number of nitrogens with one attached hydrogen (secondary N) is 1. The first-order valence-electron chi connectivity index (χ1n) is 7.37. The van der Waals surface area contributed by atoms with Crippen molar-refractivity contribution < 1.29 is 14.6 Å². The van der Waals surface area contributed by atoms with Crippen molar-refractivity contribution in [3.8, 4) is 0 Å². The maximum Gasteiger partial charge on any atom is 0.317 e. The monoisotopic (exact) mass is 292 g/mol. The molecule has 2 amide bonds. The van der Waals surface area contributed by atoms with E-state index in [1.54, 1.807) is 12.0 Å². The van der Waals surface area contributed by atoms with Crippen molar-refractivity contribution in [2.24, 2.45) is 5.92 Å². The van der Waals surface area contributed by atoms with E-state index in [-0.39, 0.29) is 11.9 Å². The summed E-state index contributed by atoms with van der Waals surface area (Å²) < 4.78 is 5.06. The number of ether oxygens (including phenoxy) is 1. The summed E-state index contributed by atoms with van der Waals surface area (Å²) in [5.41, 5.74) is 2.16. The lowest BCUT2D eigenvalue weighted by atomic mass is 9.96. The highest BCUT2D eigenvalue weighted by molar-refractivity contribution is 5.74. The zero-order valence-corrected chi connectivity index (χ0v) is 12.7. The molecule has 1 aliphatic rings. The molecule has 0 aliphatic carbocycles. The van der Waals surface area contributed by atoms with Crippen molar-refractivity contribution in [3.63, 3.8) is 0 Å². The average Bonchev–Trinajstić information content (AvgIpc) is 2.49. The number of hydrogen-bond acceptors (Lipinski definition) is 3. The summed E-state index contributed by atoms with van der Waals surface area (Å²) in [6.07, 6.45) is 0.429. The van der Waals surface area contributed by atoms with Crippen LogP contribution in [0.15, 0.2) is 24.3 Å². The molecule has 0 aromatic heterocycles. The van der Waals surface area contributed by atoms with Crippen LogP contribution < -0.4 is 5.32 Å². The summed E-state index contributed by atoms with van der Waals surface area (Å²) in [7, 11) is 1.67. The van der Waals surface area contributed by atoms with E-state index in [9.17, 15) is 9.90 Å². The Hall–Kier alpha value is -1.59. The van der Waals surface area contributed by atoms with Gasteiger partial charge in [-0.1, -0.05) is 31.2 Å². The van der Waals surface area contributed by atoms with Crippen LogP contribution in [-0.2, 0) is 17.9 Å². The molecule has 1 aromatic carbocycles. The van der Waals surface area contributed by atoms with Crippen molar-refractivity contribution in [1.29, 1.82) is 0 Å². The van der Waals surface area contributed by atoms with Crippen LogP contribution in [0, 0.1) is 5.92 Å². The molecule has 1 fully saturated rings. The number of likely N-dealkylation sites (tertiary alicyclic amines) is 1. The Bertz CT molecular complexity index is 461. The van der Waals surface area contributed by atoms with E-state index < -0.39 is 6.10 Å². The molecule has 1 heterocycles. The smallest absolute Gasteiger partial charge is 0.317 e. The van der Waals surface area contributed by atoms with Gasteiger partial charge in [-0.05, 0) is 23.5 Å². The van der Waals surface area contributed by atoms with Gasteiger partial charge in [-0.15, -0.1) is 0 Å². The number of piperidine rings is 1. The fourth-order valence-corrected chi connectivity index (χ4v) is 2.44. The molecule has 2 N–H and O–H groups in total. The fourth-order valence-electron chi connectivity index (χ4n) is 2.44. The van der Waals surface area contributed by atoms with E-state index >= 15 is 0 Å². The van der Waals surface area contributed by atoms with Crippen LogP contribution >= 0.6 is 0 Å². The van der Waals surface area contributed by atoms with E-state index in [1.165, 1.54) is 0 Å². The van der Waals surface area contributed by atoms with E-state index in [0.717, 1.165) is 17.5 Å². The molecule has 0 saturated carbocycles. The van der Waals surface area contributed by atoms with Gasteiger partial charge in [0, 0.05) is 26.7 Å². The summed E-state index contributed by atoms with van der Waals surface area (Å²) in [4.78, 5) is 13.8. The minimum absolute atomic E-state index is 0.109. The third kappa shape index (κ3) is 4.44. The number of hydrogen-bond donors (Lipinski definition) is 2. The molecule has 2 atom stereocenters. The van der Waals surface area contributed by atoms with Crippen molar-refractivity contribution in [2.75, 3.05) is 20.2 Å². The number of benzene rings is 1. The minimum Gasteiger partial charge on any atom is -0.391 e. The minimum atomic E-state index is -0.419. The predicted molar refractivity (Wildman–Crippen MR) is 80.8 cm³/mol. The highest BCUT2D eigenvalue weighted by Crippen LogP contribution is 2.16. The van der Waals surface area contributed by atoms with E-state index in [4.69, 9.17) is 4.74 Å². The van der Waals surface area contributed by atoms with Gasteiger partial charge in [0.05, 0.1) is 12.7 Å². The Morgan fingerprint density at radius 3 is 2.67 bits per heavy atom. The van der Waals surface area contributed by atoms with Gasteiger partial charge in [0.15, 0.2) is 0 Å². The Morgan fingerprint density at radius 2 is 2.05 bits per heavy atom. The second-order valence-electron chi connectivity index (χ2n) is 5.69. The molecule has 1 aromatic rings. The number of carbonyl (C=O) groups excluding carboxylic acids is 1. The number of nitrogens with zero attached hydrogens (tertiary/aromatic N) is 1. The number of amides is 2. The maximum absolute atomic E-state index is 12.1. The van der Waals surface area contributed by atoms with Gasteiger partial charge in [0.2, 0.25) is 0 Å². The van der Waals surface area contributed by atoms with Gasteiger partial charge in [0.25, 0.3) is 0 Å². The molecule has 5 heteroatoms. The molecular formula is C16H24N2O3. The molecular weight excluding hydrogens is 268 g/mol. The van der Waals surface area contributed by atoms with Crippen molar-refractivity contribution in [3.05, 3.63) is 35.4 Å². The largest absolute Gasteiger partial charge is 0.391 e. The third-order valence-electron chi connectivity index (χ3n) is 3.98. The lowest BCUT2D eigenvalue weighted by Crippen LogP contribution is -2.49. The fraction of sp³-hybridized carbons (Fsp3) is 0.562.